The van der Waals surface area contributed by atoms with Gasteiger partial charge in [0, 0.05) is 19.3 Å². The first-order valence-corrected chi connectivity index (χ1v) is 31.3. The van der Waals surface area contributed by atoms with Gasteiger partial charge in [0.15, 0.2) is 6.10 Å². The first-order chi connectivity index (χ1) is 38.0. The van der Waals surface area contributed by atoms with Gasteiger partial charge >= 0.3 is 17.9 Å². The van der Waals surface area contributed by atoms with Gasteiger partial charge in [-0.15, -0.1) is 0 Å². The highest BCUT2D eigenvalue weighted by atomic mass is 16.6. The molecular formula is C71H114O6. The highest BCUT2D eigenvalue weighted by molar-refractivity contribution is 5.71. The molecule has 0 N–H and O–H groups in total. The Morgan fingerprint density at radius 3 is 0.831 bits per heavy atom. The van der Waals surface area contributed by atoms with Gasteiger partial charge in [0.25, 0.3) is 0 Å². The minimum absolute atomic E-state index is 0.0974. The summed E-state index contributed by atoms with van der Waals surface area (Å²) in [5.41, 5.74) is 0. The quantitative estimate of drug-likeness (QED) is 0.0261. The van der Waals surface area contributed by atoms with Crippen LogP contribution < -0.4 is 0 Å². The third kappa shape index (κ3) is 62.0. The van der Waals surface area contributed by atoms with Gasteiger partial charge < -0.3 is 14.2 Å². The van der Waals surface area contributed by atoms with Crippen LogP contribution in [0.2, 0.25) is 0 Å². The molecule has 0 fully saturated rings. The predicted molar refractivity (Wildman–Crippen MR) is 334 cm³/mol. The fourth-order valence-corrected chi connectivity index (χ4v) is 8.15. The van der Waals surface area contributed by atoms with Crippen molar-refractivity contribution < 1.29 is 28.6 Å². The number of hydrogen-bond acceptors (Lipinski definition) is 6. The number of allylic oxidation sites excluding steroid dienone is 24. The van der Waals surface area contributed by atoms with Gasteiger partial charge in [0.1, 0.15) is 13.2 Å². The number of carbonyl (C=O) groups is 3. The smallest absolute Gasteiger partial charge is 0.306 e. The summed E-state index contributed by atoms with van der Waals surface area (Å²) in [7, 11) is 0. The molecule has 0 spiro atoms. The summed E-state index contributed by atoms with van der Waals surface area (Å²) >= 11 is 0. The molecule has 0 aliphatic carbocycles. The molecule has 0 rings (SSSR count). The van der Waals surface area contributed by atoms with Gasteiger partial charge in [-0.1, -0.05) is 263 Å². The predicted octanol–water partition coefficient (Wildman–Crippen LogP) is 21.5. The number of carbonyl (C=O) groups excluding carboxylic acids is 3. The Balaban J connectivity index is 4.34. The number of esters is 3. The molecule has 0 aromatic carbocycles. The van der Waals surface area contributed by atoms with Crippen molar-refractivity contribution in [2.45, 2.75) is 271 Å². The van der Waals surface area contributed by atoms with Crippen LogP contribution >= 0.6 is 0 Å². The highest BCUT2D eigenvalue weighted by Crippen LogP contribution is 2.14. The average Bonchev–Trinajstić information content (AvgIpc) is 3.43. The van der Waals surface area contributed by atoms with Gasteiger partial charge in [-0.25, -0.2) is 0 Å². The van der Waals surface area contributed by atoms with Crippen LogP contribution in [0.1, 0.15) is 265 Å². The van der Waals surface area contributed by atoms with Crippen LogP contribution in [-0.4, -0.2) is 37.2 Å². The molecule has 1 atom stereocenters. The maximum Gasteiger partial charge on any atom is 0.306 e. The summed E-state index contributed by atoms with van der Waals surface area (Å²) in [5.74, 6) is -0.950. The van der Waals surface area contributed by atoms with Gasteiger partial charge in [0.2, 0.25) is 0 Å². The second kappa shape index (κ2) is 63.8. The Labute approximate surface area is 474 Å². The lowest BCUT2D eigenvalue weighted by Gasteiger charge is -2.18. The molecular weight excluding hydrogens is 949 g/mol. The topological polar surface area (TPSA) is 78.9 Å². The van der Waals surface area contributed by atoms with Crippen molar-refractivity contribution in [3.05, 3.63) is 146 Å². The second-order valence-electron chi connectivity index (χ2n) is 20.2. The van der Waals surface area contributed by atoms with Gasteiger partial charge in [0.05, 0.1) is 0 Å². The molecule has 6 nitrogen and oxygen atoms in total. The zero-order valence-corrected chi connectivity index (χ0v) is 49.7. The zero-order chi connectivity index (χ0) is 55.7. The normalized spacial score (nSPS) is 13.1. The van der Waals surface area contributed by atoms with Crippen LogP contribution in [0.5, 0.6) is 0 Å². The molecule has 0 radical (unpaired) electrons. The lowest BCUT2D eigenvalue weighted by molar-refractivity contribution is -0.167. The van der Waals surface area contributed by atoms with E-state index in [-0.39, 0.29) is 31.1 Å². The molecule has 434 valence electrons. The largest absolute Gasteiger partial charge is 0.462 e. The van der Waals surface area contributed by atoms with Crippen LogP contribution in [0, 0.1) is 0 Å². The molecule has 0 bridgehead atoms. The number of hydrogen-bond donors (Lipinski definition) is 0. The third-order valence-corrected chi connectivity index (χ3v) is 12.8. The summed E-state index contributed by atoms with van der Waals surface area (Å²) < 4.78 is 16.8. The molecule has 0 aromatic heterocycles. The van der Waals surface area contributed by atoms with E-state index in [9.17, 15) is 14.4 Å². The van der Waals surface area contributed by atoms with E-state index in [1.54, 1.807) is 0 Å². The average molecular weight is 1060 g/mol. The monoisotopic (exact) mass is 1060 g/mol. The van der Waals surface area contributed by atoms with E-state index in [1.165, 1.54) is 77.0 Å². The summed E-state index contributed by atoms with van der Waals surface area (Å²) in [6.07, 6.45) is 91.4. The maximum absolute atomic E-state index is 12.9. The zero-order valence-electron chi connectivity index (χ0n) is 49.7. The fourth-order valence-electron chi connectivity index (χ4n) is 8.15. The van der Waals surface area contributed by atoms with Gasteiger partial charge in [-0.05, 0) is 128 Å². The van der Waals surface area contributed by atoms with Crippen molar-refractivity contribution in [3.8, 4) is 0 Å². The van der Waals surface area contributed by atoms with Crippen molar-refractivity contribution >= 4 is 17.9 Å². The van der Waals surface area contributed by atoms with E-state index in [4.69, 9.17) is 14.2 Å². The molecule has 0 aromatic rings. The van der Waals surface area contributed by atoms with Crippen LogP contribution in [0.25, 0.3) is 0 Å². The molecule has 0 amide bonds. The Morgan fingerprint density at radius 1 is 0.273 bits per heavy atom. The minimum atomic E-state index is -0.803. The lowest BCUT2D eigenvalue weighted by atomic mass is 10.1. The summed E-state index contributed by atoms with van der Waals surface area (Å²) in [6, 6.07) is 0. The summed E-state index contributed by atoms with van der Waals surface area (Å²) in [4.78, 5) is 38.1. The molecule has 6 heteroatoms. The standard InChI is InChI=1S/C71H114O6/c1-4-7-10-13-16-19-21-23-25-27-29-30-31-32-33-34-35-36-37-38-39-40-42-43-45-47-49-52-55-58-61-64-70(73)76-67-68(66-75-69(72)63-60-57-54-51-18-15-12-9-6-3)77-71(74)65-62-59-56-53-50-48-46-44-41-28-26-24-22-20-17-14-11-8-5-2/h7,10,16-17,19-20,23-26,29-30,32-33,35-36,38-39,41-44,47,49,68H,4-6,8-9,11-15,18,21-22,27-28,31,34,37,40,45-46,48,50-67H2,1-3H3/b10-7-,19-16-,20-17-,25-23-,26-24-,30-29-,33-32-,36-35-,39-38-,43-42-,44-41-,49-47-. The van der Waals surface area contributed by atoms with Crippen molar-refractivity contribution in [1.29, 1.82) is 0 Å². The Kier molecular flexibility index (Phi) is 59.9. The van der Waals surface area contributed by atoms with E-state index in [2.05, 4.69) is 167 Å². The summed E-state index contributed by atoms with van der Waals surface area (Å²) in [5, 5.41) is 0. The lowest BCUT2D eigenvalue weighted by Crippen LogP contribution is -2.30. The second-order valence-corrected chi connectivity index (χ2v) is 20.2. The van der Waals surface area contributed by atoms with Gasteiger partial charge in [-0.3, -0.25) is 14.4 Å². The van der Waals surface area contributed by atoms with Crippen molar-refractivity contribution in [2.75, 3.05) is 13.2 Å². The van der Waals surface area contributed by atoms with Crippen LogP contribution in [0.4, 0.5) is 0 Å². The van der Waals surface area contributed by atoms with Crippen LogP contribution in [0.3, 0.4) is 0 Å². The molecule has 0 saturated carbocycles. The van der Waals surface area contributed by atoms with Crippen molar-refractivity contribution in [1.82, 2.24) is 0 Å². The van der Waals surface area contributed by atoms with E-state index in [0.717, 1.165) is 148 Å². The maximum atomic E-state index is 12.9. The Bertz CT molecular complexity index is 1700. The Morgan fingerprint density at radius 2 is 0.506 bits per heavy atom. The van der Waals surface area contributed by atoms with E-state index in [1.807, 2.05) is 0 Å². The number of unbranched alkanes of at least 4 members (excludes halogenated alkanes) is 20. The van der Waals surface area contributed by atoms with Gasteiger partial charge in [-0.2, -0.15) is 0 Å². The minimum Gasteiger partial charge on any atom is -0.462 e. The van der Waals surface area contributed by atoms with Crippen molar-refractivity contribution in [3.63, 3.8) is 0 Å². The molecule has 0 saturated heterocycles. The third-order valence-electron chi connectivity index (χ3n) is 12.8. The fraction of sp³-hybridized carbons (Fsp3) is 0.620. The summed E-state index contributed by atoms with van der Waals surface area (Å²) in [6.45, 7) is 6.43. The van der Waals surface area contributed by atoms with Crippen LogP contribution in [0.15, 0.2) is 146 Å². The van der Waals surface area contributed by atoms with E-state index < -0.39 is 6.10 Å². The van der Waals surface area contributed by atoms with Crippen LogP contribution in [-0.2, 0) is 28.6 Å². The Hall–Kier alpha value is -4.71. The highest BCUT2D eigenvalue weighted by Gasteiger charge is 2.19. The van der Waals surface area contributed by atoms with E-state index in [0.29, 0.717) is 19.3 Å². The SMILES string of the molecule is CC/C=C\C/C=C\C/C=C\C/C=C\C/C=C\C/C=C\C/C=C\C/C=C\C/C=C\CCCCCC(=O)OCC(COC(=O)CCCCCCCCCCC)OC(=O)CCCCCCCC/C=C\C/C=C\C/C=C\CCCCC. The number of rotatable bonds is 55. The molecule has 77 heavy (non-hydrogen) atoms. The molecule has 0 aliphatic rings. The molecule has 0 heterocycles. The first-order valence-electron chi connectivity index (χ1n) is 31.3. The molecule has 1 unspecified atom stereocenters. The van der Waals surface area contributed by atoms with Crippen molar-refractivity contribution in [2.24, 2.45) is 0 Å². The van der Waals surface area contributed by atoms with E-state index >= 15 is 0 Å². The first kappa shape index (κ1) is 72.3. The molecule has 0 aliphatic heterocycles. The number of ether oxygens (including phenoxy) is 3.